The molecule has 4 aromatic rings. The van der Waals surface area contributed by atoms with Crippen molar-refractivity contribution in [3.05, 3.63) is 119 Å². The normalized spacial score (nSPS) is 11.2. The summed E-state index contributed by atoms with van der Waals surface area (Å²) in [6.07, 6.45) is 3.87. The summed E-state index contributed by atoms with van der Waals surface area (Å²) in [7, 11) is 0. The van der Waals surface area contributed by atoms with Crippen LogP contribution in [0.2, 0.25) is 0 Å². The summed E-state index contributed by atoms with van der Waals surface area (Å²) in [6.45, 7) is 2.01. The van der Waals surface area contributed by atoms with Crippen LogP contribution in [-0.2, 0) is 17.6 Å². The Bertz CT molecular complexity index is 1430. The predicted octanol–water partition coefficient (Wildman–Crippen LogP) is 4.29. The van der Waals surface area contributed by atoms with Crippen molar-refractivity contribution in [3.63, 3.8) is 0 Å². The van der Waals surface area contributed by atoms with Gasteiger partial charge in [-0.1, -0.05) is 66.7 Å². The van der Waals surface area contributed by atoms with Crippen LogP contribution in [-0.4, -0.2) is 35.0 Å². The van der Waals surface area contributed by atoms with Crippen LogP contribution in [0.25, 0.3) is 11.1 Å². The largest absolute Gasteiger partial charge is 1.00 e. The smallest absolute Gasteiger partial charge is 1.00 e. The number of carbonyl (C=O) groups excluding carboxylic acids is 1. The van der Waals surface area contributed by atoms with Crippen LogP contribution in [0.15, 0.2) is 97.1 Å². The third kappa shape index (κ3) is 8.53. The van der Waals surface area contributed by atoms with E-state index in [0.717, 1.165) is 52.2 Å². The second-order valence-corrected chi connectivity index (χ2v) is 10.4. The Morgan fingerprint density at radius 2 is 1.52 bits per heavy atom. The van der Waals surface area contributed by atoms with E-state index in [9.17, 15) is 14.7 Å². The van der Waals surface area contributed by atoms with Crippen molar-refractivity contribution in [2.24, 2.45) is 0 Å². The number of thioether (sulfide) groups is 1. The van der Waals surface area contributed by atoms with Gasteiger partial charge in [0.25, 0.3) is 5.91 Å². The molecule has 0 aliphatic carbocycles. The number of hydrogen-bond donors (Lipinski definition) is 2. The maximum absolute atomic E-state index is 13.3. The number of rotatable bonds is 12. The molecule has 202 valence electrons. The minimum atomic E-state index is -1.02. The molecular weight excluding hydrogens is 513 g/mol. The zero-order valence-electron chi connectivity index (χ0n) is 24.2. The first kappa shape index (κ1) is 31.1. The molecule has 0 heterocycles. The number of hydrogen-bond acceptors (Lipinski definition) is 4. The predicted molar refractivity (Wildman–Crippen MR) is 160 cm³/mol. The van der Waals surface area contributed by atoms with Gasteiger partial charge < -0.3 is 16.6 Å². The van der Waals surface area contributed by atoms with Crippen molar-refractivity contribution in [1.82, 2.24) is 5.32 Å². The molecule has 7 heteroatoms. The first-order valence-corrected chi connectivity index (χ1v) is 14.4. The molecule has 5 nitrogen and oxygen atoms in total. The van der Waals surface area contributed by atoms with Crippen molar-refractivity contribution in [2.45, 2.75) is 32.2 Å². The molecule has 0 saturated carbocycles. The molecule has 2 N–H and O–H groups in total. The molecular formula is C33H34LiNO4S. The van der Waals surface area contributed by atoms with E-state index in [1.165, 1.54) is 0 Å². The van der Waals surface area contributed by atoms with Gasteiger partial charge >= 0.3 is 24.8 Å². The summed E-state index contributed by atoms with van der Waals surface area (Å²) >= 11 is 1.56. The Morgan fingerprint density at radius 1 is 0.850 bits per heavy atom. The van der Waals surface area contributed by atoms with E-state index in [4.69, 9.17) is 4.74 Å². The Morgan fingerprint density at radius 3 is 2.23 bits per heavy atom. The van der Waals surface area contributed by atoms with Crippen LogP contribution in [0, 0.1) is 6.92 Å². The fraction of sp³-hybridized carbons (Fsp3) is 0.212. The summed E-state index contributed by atoms with van der Waals surface area (Å²) in [5.41, 5.74) is 5.53. The van der Waals surface area contributed by atoms with E-state index in [-0.39, 0.29) is 26.2 Å². The van der Waals surface area contributed by atoms with E-state index in [2.05, 4.69) is 23.5 Å². The summed E-state index contributed by atoms with van der Waals surface area (Å²) in [6, 6.07) is 30.6. The minimum Gasteiger partial charge on any atom is -1.00 e. The minimum absolute atomic E-state index is 0. The topological polar surface area (TPSA) is 75.6 Å². The van der Waals surface area contributed by atoms with E-state index < -0.39 is 12.0 Å². The molecule has 4 aromatic carbocycles. The first-order chi connectivity index (χ1) is 18.9. The Balaban J connectivity index is 0.00000294. The van der Waals surface area contributed by atoms with Gasteiger partial charge in [-0.2, -0.15) is 11.8 Å². The monoisotopic (exact) mass is 547 g/mol. The average Bonchev–Trinajstić information content (AvgIpc) is 2.95. The van der Waals surface area contributed by atoms with Gasteiger partial charge in [-0.3, -0.25) is 4.79 Å². The zero-order chi connectivity index (χ0) is 27.6. The van der Waals surface area contributed by atoms with Crippen LogP contribution in [0.3, 0.4) is 0 Å². The van der Waals surface area contributed by atoms with Gasteiger partial charge in [0.15, 0.2) is 0 Å². The summed E-state index contributed by atoms with van der Waals surface area (Å²) in [5.74, 6) is 0.841. The maximum Gasteiger partial charge on any atom is 1.00 e. The van der Waals surface area contributed by atoms with Gasteiger partial charge in [-0.15, -0.1) is 0 Å². The molecule has 1 unspecified atom stereocenters. The van der Waals surface area contributed by atoms with Gasteiger partial charge in [-0.05, 0) is 96.3 Å². The van der Waals surface area contributed by atoms with Gasteiger partial charge in [0.05, 0.1) is 0 Å². The number of benzene rings is 4. The third-order valence-electron chi connectivity index (χ3n) is 6.56. The van der Waals surface area contributed by atoms with Crippen molar-refractivity contribution in [2.75, 3.05) is 12.0 Å². The van der Waals surface area contributed by atoms with E-state index in [1.807, 2.05) is 92.0 Å². The van der Waals surface area contributed by atoms with Crippen LogP contribution in [0.4, 0.5) is 0 Å². The number of aryl methyl sites for hydroxylation is 3. The molecule has 1 atom stereocenters. The molecule has 0 spiro atoms. The SMILES string of the molecule is CSCCC(NC(=O)c1ccc(CCc2cccc(Oc3ccccc3)c2)cc1-c1ccccc1C)C(=O)O.[H-].[Li+]. The number of carboxylic acids is 1. The second-order valence-electron chi connectivity index (χ2n) is 9.40. The number of carboxylic acid groups (broad SMARTS) is 1. The molecule has 0 radical (unpaired) electrons. The molecule has 40 heavy (non-hydrogen) atoms. The van der Waals surface area contributed by atoms with Crippen LogP contribution >= 0.6 is 11.8 Å². The molecule has 0 saturated heterocycles. The van der Waals surface area contributed by atoms with Crippen molar-refractivity contribution in [1.29, 1.82) is 0 Å². The summed E-state index contributed by atoms with van der Waals surface area (Å²) in [5, 5.41) is 12.4. The van der Waals surface area contributed by atoms with Gasteiger partial charge in [0.2, 0.25) is 0 Å². The first-order valence-electron chi connectivity index (χ1n) is 13.0. The summed E-state index contributed by atoms with van der Waals surface area (Å²) in [4.78, 5) is 25.1. The Kier molecular flexibility index (Phi) is 12.0. The van der Waals surface area contributed by atoms with Crippen LogP contribution in [0.5, 0.6) is 11.5 Å². The number of nitrogens with one attached hydrogen (secondary N) is 1. The maximum atomic E-state index is 13.3. The van der Waals surface area contributed by atoms with Gasteiger partial charge in [0.1, 0.15) is 17.5 Å². The molecule has 4 rings (SSSR count). The molecule has 0 aliphatic heterocycles. The quantitative estimate of drug-likeness (QED) is 0.259. The standard InChI is InChI=1S/C33H33NO4S.Li.H/c1-23-9-6-7-14-28(23)30-22-25(17-18-29(30)32(35)34-31(33(36)37)19-20-39-2)16-15-24-10-8-13-27(21-24)38-26-11-4-3-5-12-26;;/h3-14,17-18,21-22,31H,15-16,19-20H2,1-2H3,(H,34,35)(H,36,37);;/q;+1;-1. The van der Waals surface area contributed by atoms with Crippen molar-refractivity contribution >= 4 is 23.6 Å². The molecule has 0 fully saturated rings. The zero-order valence-corrected chi connectivity index (χ0v) is 24.0. The molecule has 1 amide bonds. The number of amides is 1. The molecule has 0 bridgehead atoms. The Hall–Kier alpha value is -3.43. The number of aliphatic carboxylic acids is 1. The number of para-hydroxylation sites is 1. The van der Waals surface area contributed by atoms with E-state index in [0.29, 0.717) is 17.7 Å². The molecule has 0 aliphatic rings. The molecule has 0 aromatic heterocycles. The third-order valence-corrected chi connectivity index (χ3v) is 7.20. The number of carbonyl (C=O) groups is 2. The van der Waals surface area contributed by atoms with Crippen LogP contribution < -0.4 is 28.9 Å². The van der Waals surface area contributed by atoms with Gasteiger partial charge in [-0.25, -0.2) is 4.79 Å². The average molecular weight is 548 g/mol. The summed E-state index contributed by atoms with van der Waals surface area (Å²) < 4.78 is 5.99. The van der Waals surface area contributed by atoms with Crippen molar-refractivity contribution < 1.29 is 39.7 Å². The van der Waals surface area contributed by atoms with Crippen LogP contribution in [0.1, 0.15) is 34.9 Å². The second kappa shape index (κ2) is 15.4. The van der Waals surface area contributed by atoms with Crippen molar-refractivity contribution in [3.8, 4) is 22.6 Å². The Labute approximate surface area is 254 Å². The van der Waals surface area contributed by atoms with E-state index in [1.54, 1.807) is 11.8 Å². The van der Waals surface area contributed by atoms with E-state index >= 15 is 0 Å². The number of ether oxygens (including phenoxy) is 1. The fourth-order valence-corrected chi connectivity index (χ4v) is 4.92. The fourth-order valence-electron chi connectivity index (χ4n) is 4.45. The van der Waals surface area contributed by atoms with Gasteiger partial charge in [0, 0.05) is 5.56 Å².